The number of methoxy groups -OCH3 is 3. The summed E-state index contributed by atoms with van der Waals surface area (Å²) in [5.74, 6) is 0.478. The zero-order chi connectivity index (χ0) is 19.8. The molecule has 2 aromatic rings. The number of hydrogen-bond donors (Lipinski definition) is 2. The number of benzene rings is 2. The zero-order valence-corrected chi connectivity index (χ0v) is 15.3. The third kappa shape index (κ3) is 5.08. The number of rotatable bonds is 9. The van der Waals surface area contributed by atoms with E-state index in [1.807, 2.05) is 0 Å². The van der Waals surface area contributed by atoms with Gasteiger partial charge in [-0.2, -0.15) is 0 Å². The highest BCUT2D eigenvalue weighted by atomic mass is 16.6. The van der Waals surface area contributed by atoms with Gasteiger partial charge in [-0.3, -0.25) is 14.9 Å². The van der Waals surface area contributed by atoms with Crippen LogP contribution in [0.1, 0.15) is 10.4 Å². The summed E-state index contributed by atoms with van der Waals surface area (Å²) in [6, 6.07) is 8.96. The van der Waals surface area contributed by atoms with Gasteiger partial charge in [0.05, 0.1) is 31.3 Å². The summed E-state index contributed by atoms with van der Waals surface area (Å²) < 4.78 is 15.3. The number of anilines is 2. The molecule has 0 saturated carbocycles. The van der Waals surface area contributed by atoms with Crippen molar-refractivity contribution in [3.63, 3.8) is 0 Å². The van der Waals surface area contributed by atoms with E-state index in [2.05, 4.69) is 10.6 Å². The van der Waals surface area contributed by atoms with Gasteiger partial charge in [0, 0.05) is 43.2 Å². The molecule has 0 radical (unpaired) electrons. The number of carbonyl (C=O) groups is 1. The average molecular weight is 375 g/mol. The fourth-order valence-corrected chi connectivity index (χ4v) is 2.39. The van der Waals surface area contributed by atoms with Crippen LogP contribution in [0.4, 0.5) is 17.1 Å². The number of nitrogens with zero attached hydrogens (tertiary/aromatic N) is 1. The van der Waals surface area contributed by atoms with E-state index < -0.39 is 10.8 Å². The van der Waals surface area contributed by atoms with Gasteiger partial charge in [0.1, 0.15) is 0 Å². The van der Waals surface area contributed by atoms with E-state index in [4.69, 9.17) is 14.2 Å². The molecule has 0 unspecified atom stereocenters. The Labute approximate surface area is 156 Å². The summed E-state index contributed by atoms with van der Waals surface area (Å²) in [5, 5.41) is 16.8. The molecular weight excluding hydrogens is 354 g/mol. The van der Waals surface area contributed by atoms with Gasteiger partial charge in [0.25, 0.3) is 11.6 Å². The van der Waals surface area contributed by atoms with Crippen molar-refractivity contribution in [3.8, 4) is 11.5 Å². The van der Waals surface area contributed by atoms with Gasteiger partial charge >= 0.3 is 0 Å². The van der Waals surface area contributed by atoms with Crippen LogP contribution in [-0.2, 0) is 4.74 Å². The maximum Gasteiger partial charge on any atom is 0.270 e. The molecule has 0 aliphatic heterocycles. The van der Waals surface area contributed by atoms with Gasteiger partial charge in [0.2, 0.25) is 0 Å². The topological polar surface area (TPSA) is 112 Å². The molecule has 0 atom stereocenters. The Balaban J connectivity index is 2.30. The van der Waals surface area contributed by atoms with Crippen molar-refractivity contribution in [2.24, 2.45) is 0 Å². The van der Waals surface area contributed by atoms with Gasteiger partial charge in [-0.1, -0.05) is 0 Å². The van der Waals surface area contributed by atoms with Crippen LogP contribution >= 0.6 is 0 Å². The van der Waals surface area contributed by atoms with Crippen LogP contribution in [0, 0.1) is 10.1 Å². The van der Waals surface area contributed by atoms with Crippen LogP contribution in [0.3, 0.4) is 0 Å². The van der Waals surface area contributed by atoms with Crippen molar-refractivity contribution in [1.29, 1.82) is 0 Å². The average Bonchev–Trinajstić information content (AvgIpc) is 2.68. The fraction of sp³-hybridized carbons (Fsp3) is 0.278. The third-order valence-electron chi connectivity index (χ3n) is 3.72. The summed E-state index contributed by atoms with van der Waals surface area (Å²) >= 11 is 0. The molecule has 0 aliphatic carbocycles. The highest BCUT2D eigenvalue weighted by Gasteiger charge is 2.17. The maximum atomic E-state index is 12.7. The molecule has 2 rings (SSSR count). The van der Waals surface area contributed by atoms with Crippen molar-refractivity contribution in [2.45, 2.75) is 0 Å². The summed E-state index contributed by atoms with van der Waals surface area (Å²) in [4.78, 5) is 23.2. The molecule has 0 saturated heterocycles. The lowest BCUT2D eigenvalue weighted by Gasteiger charge is -2.13. The van der Waals surface area contributed by atoms with Crippen LogP contribution < -0.4 is 20.1 Å². The molecule has 0 aliphatic rings. The van der Waals surface area contributed by atoms with Crippen LogP contribution in [0.25, 0.3) is 0 Å². The van der Waals surface area contributed by atoms with E-state index in [1.165, 1.54) is 32.4 Å². The zero-order valence-electron chi connectivity index (χ0n) is 15.3. The predicted octanol–water partition coefficient (Wildman–Crippen LogP) is 2.92. The van der Waals surface area contributed by atoms with E-state index in [0.29, 0.717) is 36.0 Å². The molecule has 9 heteroatoms. The van der Waals surface area contributed by atoms with Crippen LogP contribution in [-0.4, -0.2) is 45.3 Å². The van der Waals surface area contributed by atoms with Gasteiger partial charge in [-0.25, -0.2) is 0 Å². The van der Waals surface area contributed by atoms with Crippen LogP contribution in [0.15, 0.2) is 36.4 Å². The first kappa shape index (κ1) is 20.0. The van der Waals surface area contributed by atoms with Crippen molar-refractivity contribution in [1.82, 2.24) is 0 Å². The number of amides is 1. The second-order valence-corrected chi connectivity index (χ2v) is 5.43. The van der Waals surface area contributed by atoms with E-state index in [0.717, 1.165) is 0 Å². The Hall–Kier alpha value is -3.33. The molecule has 2 N–H and O–H groups in total. The van der Waals surface area contributed by atoms with Crippen molar-refractivity contribution in [3.05, 3.63) is 52.1 Å². The molecule has 27 heavy (non-hydrogen) atoms. The minimum absolute atomic E-state index is 0.148. The number of nitro benzene ring substituents is 1. The summed E-state index contributed by atoms with van der Waals surface area (Å²) in [6.45, 7) is 0.874. The minimum Gasteiger partial charge on any atom is -0.493 e. The Morgan fingerprint density at radius 3 is 2.44 bits per heavy atom. The summed E-state index contributed by atoms with van der Waals surface area (Å²) in [6.07, 6.45) is 0. The van der Waals surface area contributed by atoms with E-state index in [9.17, 15) is 14.9 Å². The Morgan fingerprint density at radius 1 is 1.07 bits per heavy atom. The molecule has 144 valence electrons. The van der Waals surface area contributed by atoms with Gasteiger partial charge in [-0.15, -0.1) is 0 Å². The lowest BCUT2D eigenvalue weighted by Crippen LogP contribution is -2.17. The van der Waals surface area contributed by atoms with Gasteiger partial charge in [0.15, 0.2) is 11.5 Å². The first-order valence-electron chi connectivity index (χ1n) is 8.04. The molecule has 0 heterocycles. The van der Waals surface area contributed by atoms with Crippen molar-refractivity contribution < 1.29 is 23.9 Å². The van der Waals surface area contributed by atoms with Gasteiger partial charge < -0.3 is 24.8 Å². The molecule has 0 spiro atoms. The number of nitrogens with one attached hydrogen (secondary N) is 2. The fourth-order valence-electron chi connectivity index (χ4n) is 2.39. The first-order chi connectivity index (χ1) is 13.0. The molecule has 9 nitrogen and oxygen atoms in total. The second-order valence-electron chi connectivity index (χ2n) is 5.43. The van der Waals surface area contributed by atoms with Gasteiger partial charge in [-0.05, 0) is 18.2 Å². The number of non-ortho nitro benzene ring substituents is 1. The number of hydrogen-bond acceptors (Lipinski definition) is 7. The van der Waals surface area contributed by atoms with Crippen molar-refractivity contribution in [2.75, 3.05) is 45.1 Å². The third-order valence-corrected chi connectivity index (χ3v) is 3.72. The first-order valence-corrected chi connectivity index (χ1v) is 8.04. The summed E-state index contributed by atoms with van der Waals surface area (Å²) in [5.41, 5.74) is 0.905. The molecule has 0 bridgehead atoms. The smallest absolute Gasteiger partial charge is 0.270 e. The molecule has 2 aromatic carbocycles. The second kappa shape index (κ2) is 9.39. The van der Waals surface area contributed by atoms with Crippen LogP contribution in [0.2, 0.25) is 0 Å². The molecule has 1 amide bonds. The summed E-state index contributed by atoms with van der Waals surface area (Å²) in [7, 11) is 4.56. The quantitative estimate of drug-likeness (QED) is 0.394. The number of ether oxygens (including phenoxy) is 3. The van der Waals surface area contributed by atoms with E-state index in [1.54, 1.807) is 25.3 Å². The molecule has 0 aromatic heterocycles. The van der Waals surface area contributed by atoms with Crippen molar-refractivity contribution >= 4 is 23.0 Å². The number of nitro groups is 1. The maximum absolute atomic E-state index is 12.7. The largest absolute Gasteiger partial charge is 0.493 e. The van der Waals surface area contributed by atoms with Crippen LogP contribution in [0.5, 0.6) is 11.5 Å². The predicted molar refractivity (Wildman–Crippen MR) is 101 cm³/mol. The Morgan fingerprint density at radius 2 is 1.81 bits per heavy atom. The Bertz CT molecular complexity index is 825. The highest BCUT2D eigenvalue weighted by Crippen LogP contribution is 2.30. The van der Waals surface area contributed by atoms with E-state index in [-0.39, 0.29) is 11.3 Å². The molecule has 0 fully saturated rings. The standard InChI is InChI=1S/C18H21N3O6/c1-25-9-8-19-15-6-5-13(21(23)24)11-14(15)18(22)20-12-4-7-16(26-2)17(10-12)27-3/h4-7,10-11,19H,8-9H2,1-3H3,(H,20,22). The van der Waals surface area contributed by atoms with E-state index >= 15 is 0 Å². The SMILES string of the molecule is COCCNc1ccc([N+](=O)[O-])cc1C(=O)Nc1ccc(OC)c(OC)c1. The normalized spacial score (nSPS) is 10.2. The minimum atomic E-state index is -0.549. The number of carbonyl (C=O) groups excluding carboxylic acids is 1. The highest BCUT2D eigenvalue weighted by molar-refractivity contribution is 6.08. The lowest BCUT2D eigenvalue weighted by atomic mass is 10.1. The molecular formula is C18H21N3O6. The lowest BCUT2D eigenvalue weighted by molar-refractivity contribution is -0.384. The Kier molecular flexibility index (Phi) is 6.95. The monoisotopic (exact) mass is 375 g/mol.